The Balaban J connectivity index is 2.16. The summed E-state index contributed by atoms with van der Waals surface area (Å²) in [5.41, 5.74) is 0.946. The summed E-state index contributed by atoms with van der Waals surface area (Å²) >= 11 is 0. The quantitative estimate of drug-likeness (QED) is 0.851. The molecule has 0 saturated carbocycles. The number of fused-ring (bicyclic) bond motifs is 1. The molecular formula is C17H26O3. The summed E-state index contributed by atoms with van der Waals surface area (Å²) in [7, 11) is 0. The van der Waals surface area contributed by atoms with E-state index in [1.54, 1.807) is 0 Å². The van der Waals surface area contributed by atoms with Gasteiger partial charge in [0.1, 0.15) is 0 Å². The van der Waals surface area contributed by atoms with Crippen molar-refractivity contribution in [3.8, 4) is 11.5 Å². The summed E-state index contributed by atoms with van der Waals surface area (Å²) in [6.45, 7) is 5.72. The van der Waals surface area contributed by atoms with Gasteiger partial charge in [0.05, 0.1) is 19.3 Å². The Morgan fingerprint density at radius 1 is 1.05 bits per heavy atom. The van der Waals surface area contributed by atoms with Gasteiger partial charge in [0.2, 0.25) is 0 Å². The fourth-order valence-corrected chi connectivity index (χ4v) is 2.84. The van der Waals surface area contributed by atoms with Gasteiger partial charge in [-0.25, -0.2) is 0 Å². The van der Waals surface area contributed by atoms with Crippen LogP contribution in [0.5, 0.6) is 11.5 Å². The normalized spacial score (nSPS) is 16.0. The highest BCUT2D eigenvalue weighted by Crippen LogP contribution is 2.36. The average Bonchev–Trinajstić information content (AvgIpc) is 2.70. The first-order valence-corrected chi connectivity index (χ1v) is 7.83. The van der Waals surface area contributed by atoms with Crippen LogP contribution in [-0.2, 0) is 0 Å². The molecule has 2 rings (SSSR count). The summed E-state index contributed by atoms with van der Waals surface area (Å²) in [6.07, 6.45) is 4.82. The molecule has 1 heterocycles. The molecule has 0 spiro atoms. The molecule has 3 nitrogen and oxygen atoms in total. The fraction of sp³-hybridized carbons (Fsp3) is 0.647. The van der Waals surface area contributed by atoms with E-state index in [2.05, 4.69) is 13.8 Å². The Morgan fingerprint density at radius 2 is 1.70 bits per heavy atom. The number of rotatable bonds is 6. The van der Waals surface area contributed by atoms with Crippen molar-refractivity contribution < 1.29 is 14.6 Å². The first-order valence-electron chi connectivity index (χ1n) is 7.83. The number of benzene rings is 1. The van der Waals surface area contributed by atoms with Crippen molar-refractivity contribution in [2.75, 3.05) is 13.2 Å². The number of ether oxygens (including phenoxy) is 2. The van der Waals surface area contributed by atoms with Crippen molar-refractivity contribution >= 4 is 0 Å². The van der Waals surface area contributed by atoms with Gasteiger partial charge in [-0.3, -0.25) is 0 Å². The SMILES string of the molecule is CCCC(CCC)C(O)c1ccc2c(c1)OCCCO2. The molecule has 0 fully saturated rings. The van der Waals surface area contributed by atoms with Crippen molar-refractivity contribution in [2.45, 2.75) is 52.1 Å². The zero-order valence-corrected chi connectivity index (χ0v) is 12.6. The molecule has 0 bridgehead atoms. The highest BCUT2D eigenvalue weighted by Gasteiger charge is 2.21. The molecule has 3 heteroatoms. The monoisotopic (exact) mass is 278 g/mol. The summed E-state index contributed by atoms with van der Waals surface area (Å²) in [5.74, 6) is 1.89. The molecule has 1 aromatic carbocycles. The van der Waals surface area contributed by atoms with Crippen LogP contribution in [0.3, 0.4) is 0 Å². The summed E-state index contributed by atoms with van der Waals surface area (Å²) < 4.78 is 11.3. The topological polar surface area (TPSA) is 38.7 Å². The van der Waals surface area contributed by atoms with Crippen molar-refractivity contribution in [3.05, 3.63) is 23.8 Å². The van der Waals surface area contributed by atoms with Gasteiger partial charge in [0.15, 0.2) is 11.5 Å². The molecule has 1 unspecified atom stereocenters. The molecule has 1 aromatic rings. The maximum atomic E-state index is 10.6. The predicted molar refractivity (Wildman–Crippen MR) is 80.3 cm³/mol. The number of hydrogen-bond donors (Lipinski definition) is 1. The van der Waals surface area contributed by atoms with E-state index in [9.17, 15) is 5.11 Å². The van der Waals surface area contributed by atoms with Crippen molar-refractivity contribution in [1.82, 2.24) is 0 Å². The second kappa shape index (κ2) is 7.53. The highest BCUT2D eigenvalue weighted by atomic mass is 16.5. The van der Waals surface area contributed by atoms with Gasteiger partial charge in [-0.2, -0.15) is 0 Å². The van der Waals surface area contributed by atoms with Gasteiger partial charge >= 0.3 is 0 Å². The number of hydrogen-bond acceptors (Lipinski definition) is 3. The van der Waals surface area contributed by atoms with Crippen molar-refractivity contribution in [2.24, 2.45) is 5.92 Å². The molecule has 0 aliphatic carbocycles. The predicted octanol–water partition coefficient (Wildman–Crippen LogP) is 4.10. The van der Waals surface area contributed by atoms with Gasteiger partial charge in [0.25, 0.3) is 0 Å². The standard InChI is InChI=1S/C17H26O3/c1-3-6-13(7-4-2)17(18)14-8-9-15-16(12-14)20-11-5-10-19-15/h8-9,12-13,17-18H,3-7,10-11H2,1-2H3. The van der Waals surface area contributed by atoms with E-state index in [-0.39, 0.29) is 0 Å². The van der Waals surface area contributed by atoms with Gasteiger partial charge in [0, 0.05) is 6.42 Å². The minimum Gasteiger partial charge on any atom is -0.490 e. The molecule has 112 valence electrons. The van der Waals surface area contributed by atoms with Crippen LogP contribution in [0.1, 0.15) is 57.6 Å². The van der Waals surface area contributed by atoms with E-state index >= 15 is 0 Å². The molecule has 0 amide bonds. The third-order valence-electron chi connectivity index (χ3n) is 3.88. The minimum absolute atomic E-state index is 0.328. The Bertz CT molecular complexity index is 411. The lowest BCUT2D eigenvalue weighted by atomic mass is 9.88. The summed E-state index contributed by atoms with van der Waals surface area (Å²) in [5, 5.41) is 10.6. The molecular weight excluding hydrogens is 252 g/mol. The smallest absolute Gasteiger partial charge is 0.161 e. The summed E-state index contributed by atoms with van der Waals surface area (Å²) in [4.78, 5) is 0. The molecule has 0 saturated heterocycles. The van der Waals surface area contributed by atoms with E-state index < -0.39 is 6.10 Å². The van der Waals surface area contributed by atoms with E-state index in [1.165, 1.54) is 0 Å². The van der Waals surface area contributed by atoms with E-state index in [1.807, 2.05) is 18.2 Å². The zero-order chi connectivity index (χ0) is 14.4. The van der Waals surface area contributed by atoms with Gasteiger partial charge in [-0.05, 0) is 36.5 Å². The lowest BCUT2D eigenvalue weighted by Gasteiger charge is -2.23. The first-order chi connectivity index (χ1) is 9.76. The third kappa shape index (κ3) is 3.66. The molecule has 1 aliphatic rings. The van der Waals surface area contributed by atoms with Crippen LogP contribution in [0.4, 0.5) is 0 Å². The van der Waals surface area contributed by atoms with Gasteiger partial charge in [-0.1, -0.05) is 32.8 Å². The Kier molecular flexibility index (Phi) is 5.72. The highest BCUT2D eigenvalue weighted by molar-refractivity contribution is 5.44. The van der Waals surface area contributed by atoms with Crippen LogP contribution >= 0.6 is 0 Å². The van der Waals surface area contributed by atoms with Crippen LogP contribution in [-0.4, -0.2) is 18.3 Å². The lowest BCUT2D eigenvalue weighted by molar-refractivity contribution is 0.0961. The summed E-state index contributed by atoms with van der Waals surface area (Å²) in [6, 6.07) is 5.84. The molecule has 1 aliphatic heterocycles. The molecule has 0 radical (unpaired) electrons. The molecule has 1 N–H and O–H groups in total. The second-order valence-corrected chi connectivity index (χ2v) is 5.54. The van der Waals surface area contributed by atoms with Gasteiger partial charge < -0.3 is 14.6 Å². The van der Waals surface area contributed by atoms with Crippen LogP contribution in [0, 0.1) is 5.92 Å². The van der Waals surface area contributed by atoms with E-state index in [0.29, 0.717) is 19.1 Å². The van der Waals surface area contributed by atoms with Crippen molar-refractivity contribution in [1.29, 1.82) is 0 Å². The number of aliphatic hydroxyl groups excluding tert-OH is 1. The molecule has 20 heavy (non-hydrogen) atoms. The Labute approximate surface area is 121 Å². The van der Waals surface area contributed by atoms with E-state index in [0.717, 1.165) is 49.2 Å². The maximum Gasteiger partial charge on any atom is 0.161 e. The van der Waals surface area contributed by atoms with Gasteiger partial charge in [-0.15, -0.1) is 0 Å². The first kappa shape index (κ1) is 15.2. The van der Waals surface area contributed by atoms with E-state index in [4.69, 9.17) is 9.47 Å². The largest absolute Gasteiger partial charge is 0.490 e. The zero-order valence-electron chi connectivity index (χ0n) is 12.6. The minimum atomic E-state index is -0.410. The van der Waals surface area contributed by atoms with Crippen molar-refractivity contribution in [3.63, 3.8) is 0 Å². The Morgan fingerprint density at radius 3 is 2.35 bits per heavy atom. The third-order valence-corrected chi connectivity index (χ3v) is 3.88. The Hall–Kier alpha value is -1.22. The average molecular weight is 278 g/mol. The van der Waals surface area contributed by atoms with Crippen LogP contribution in [0.15, 0.2) is 18.2 Å². The maximum absolute atomic E-state index is 10.6. The molecule has 0 aromatic heterocycles. The van der Waals surface area contributed by atoms with Crippen LogP contribution < -0.4 is 9.47 Å². The number of aliphatic hydroxyl groups is 1. The van der Waals surface area contributed by atoms with Crippen LogP contribution in [0.25, 0.3) is 0 Å². The second-order valence-electron chi connectivity index (χ2n) is 5.54. The lowest BCUT2D eigenvalue weighted by Crippen LogP contribution is -2.12. The molecule has 1 atom stereocenters. The fourth-order valence-electron chi connectivity index (χ4n) is 2.84. The van der Waals surface area contributed by atoms with Crippen LogP contribution in [0.2, 0.25) is 0 Å².